The van der Waals surface area contributed by atoms with Gasteiger partial charge in [0.15, 0.2) is 0 Å². The molecule has 1 atom stereocenters. The Morgan fingerprint density at radius 1 is 1.00 bits per heavy atom. The molecule has 1 aliphatic heterocycles. The first kappa shape index (κ1) is 21.4. The molecule has 0 N–H and O–H groups in total. The van der Waals surface area contributed by atoms with Gasteiger partial charge in [0.1, 0.15) is 17.3 Å². The molecule has 2 fully saturated rings. The van der Waals surface area contributed by atoms with Crippen molar-refractivity contribution < 1.29 is 14.3 Å². The van der Waals surface area contributed by atoms with Crippen LogP contribution in [0.4, 0.5) is 0 Å². The van der Waals surface area contributed by atoms with Crippen molar-refractivity contribution in [3.8, 4) is 22.6 Å². The van der Waals surface area contributed by atoms with E-state index in [2.05, 4.69) is 9.97 Å². The van der Waals surface area contributed by atoms with Crippen LogP contribution in [0.25, 0.3) is 11.1 Å². The number of pyridine rings is 1. The van der Waals surface area contributed by atoms with E-state index in [9.17, 15) is 4.79 Å². The number of hydrogen-bond donors (Lipinski definition) is 0. The Labute approximate surface area is 193 Å². The average molecular weight is 445 g/mol. The average Bonchev–Trinajstić information content (AvgIpc) is 3.74. The molecule has 1 amide bonds. The predicted octanol–water partition coefficient (Wildman–Crippen LogP) is 4.45. The van der Waals surface area contributed by atoms with Crippen LogP contribution in [0.2, 0.25) is 0 Å². The highest BCUT2D eigenvalue weighted by Crippen LogP contribution is 2.40. The number of carbonyl (C=O) groups is 1. The van der Waals surface area contributed by atoms with Crippen LogP contribution in [-0.4, -0.2) is 53.1 Å². The molecule has 1 saturated carbocycles. The Bertz CT molecular complexity index is 1130. The molecule has 3 aromatic rings. The predicted molar refractivity (Wildman–Crippen MR) is 125 cm³/mol. The standard InChI is InChI=1S/C26H28N4O3/c1-32-21-12-20(13-22(14-21)33-2)26(31)30-11-3-4-19(16-30)24-23(17-7-9-27-10-8-17)15-28-25(29-24)18-5-6-18/h7-10,12-15,18-19H,3-6,11,16H2,1-2H3. The maximum atomic E-state index is 13.4. The van der Waals surface area contributed by atoms with Gasteiger partial charge in [0.25, 0.3) is 5.91 Å². The van der Waals surface area contributed by atoms with Crippen LogP contribution >= 0.6 is 0 Å². The molecule has 1 aromatic carbocycles. The number of aromatic nitrogens is 3. The fraction of sp³-hybridized carbons (Fsp3) is 0.385. The Kier molecular flexibility index (Phi) is 5.94. The molecule has 7 heteroatoms. The van der Waals surface area contributed by atoms with E-state index in [4.69, 9.17) is 14.5 Å². The van der Waals surface area contributed by atoms with Gasteiger partial charge in [0.2, 0.25) is 0 Å². The van der Waals surface area contributed by atoms with Gasteiger partial charge in [-0.15, -0.1) is 0 Å². The third-order valence-corrected chi connectivity index (χ3v) is 6.46. The Hall–Kier alpha value is -3.48. The number of ether oxygens (including phenoxy) is 2. The highest BCUT2D eigenvalue weighted by Gasteiger charge is 2.32. The summed E-state index contributed by atoms with van der Waals surface area (Å²) in [5.74, 6) is 2.76. The molecular formula is C26H28N4O3. The molecule has 1 unspecified atom stereocenters. The van der Waals surface area contributed by atoms with Crippen LogP contribution in [0.1, 0.15) is 59.4 Å². The number of carbonyl (C=O) groups excluding carboxylic acids is 1. The molecule has 2 aliphatic rings. The van der Waals surface area contributed by atoms with Gasteiger partial charge < -0.3 is 14.4 Å². The third-order valence-electron chi connectivity index (χ3n) is 6.46. The highest BCUT2D eigenvalue weighted by molar-refractivity contribution is 5.95. The summed E-state index contributed by atoms with van der Waals surface area (Å²) in [6.07, 6.45) is 9.77. The van der Waals surface area contributed by atoms with Crippen molar-refractivity contribution in [3.05, 3.63) is 66.0 Å². The lowest BCUT2D eigenvalue weighted by Gasteiger charge is -2.33. The zero-order valence-corrected chi connectivity index (χ0v) is 19.0. The minimum absolute atomic E-state index is 0.0150. The normalized spacial score (nSPS) is 18.1. The lowest BCUT2D eigenvalue weighted by atomic mass is 9.89. The number of hydrogen-bond acceptors (Lipinski definition) is 6. The zero-order chi connectivity index (χ0) is 22.8. The second-order valence-corrected chi connectivity index (χ2v) is 8.73. The van der Waals surface area contributed by atoms with E-state index in [0.29, 0.717) is 29.5 Å². The van der Waals surface area contributed by atoms with Crippen LogP contribution in [0, 0.1) is 0 Å². The molecule has 170 valence electrons. The smallest absolute Gasteiger partial charge is 0.254 e. The SMILES string of the molecule is COc1cc(OC)cc(C(=O)N2CCCC(c3nc(C4CC4)ncc3-c3ccncc3)C2)c1. The summed E-state index contributed by atoms with van der Waals surface area (Å²) >= 11 is 0. The largest absolute Gasteiger partial charge is 0.497 e. The van der Waals surface area contributed by atoms with Crippen LogP contribution in [-0.2, 0) is 0 Å². The Morgan fingerprint density at radius 3 is 2.39 bits per heavy atom. The van der Waals surface area contributed by atoms with E-state index in [-0.39, 0.29) is 11.8 Å². The van der Waals surface area contributed by atoms with E-state index in [1.54, 1.807) is 44.8 Å². The summed E-state index contributed by atoms with van der Waals surface area (Å²) < 4.78 is 10.7. The van der Waals surface area contributed by atoms with E-state index in [1.165, 1.54) is 0 Å². The second-order valence-electron chi connectivity index (χ2n) is 8.73. The van der Waals surface area contributed by atoms with Gasteiger partial charge in [0.05, 0.1) is 19.9 Å². The number of benzene rings is 1. The molecule has 0 radical (unpaired) electrons. The first-order valence-electron chi connectivity index (χ1n) is 11.5. The summed E-state index contributed by atoms with van der Waals surface area (Å²) in [5.41, 5.74) is 3.70. The molecule has 7 nitrogen and oxygen atoms in total. The maximum absolute atomic E-state index is 13.4. The quantitative estimate of drug-likeness (QED) is 0.559. The summed E-state index contributed by atoms with van der Waals surface area (Å²) in [7, 11) is 3.18. The monoisotopic (exact) mass is 444 g/mol. The van der Waals surface area contributed by atoms with Crippen LogP contribution in [0.3, 0.4) is 0 Å². The molecule has 0 spiro atoms. The lowest BCUT2D eigenvalue weighted by Crippen LogP contribution is -2.39. The van der Waals surface area contributed by atoms with Crippen molar-refractivity contribution in [1.29, 1.82) is 0 Å². The molecule has 2 aromatic heterocycles. The van der Waals surface area contributed by atoms with E-state index in [0.717, 1.165) is 54.9 Å². The molecule has 0 bridgehead atoms. The summed E-state index contributed by atoms with van der Waals surface area (Å²) in [4.78, 5) is 29.2. The molecular weight excluding hydrogens is 416 g/mol. The van der Waals surface area contributed by atoms with E-state index < -0.39 is 0 Å². The highest BCUT2D eigenvalue weighted by atomic mass is 16.5. The molecule has 1 saturated heterocycles. The molecule has 3 heterocycles. The molecule has 33 heavy (non-hydrogen) atoms. The number of methoxy groups -OCH3 is 2. The van der Waals surface area contributed by atoms with Crippen molar-refractivity contribution in [2.75, 3.05) is 27.3 Å². The van der Waals surface area contributed by atoms with Crippen molar-refractivity contribution in [3.63, 3.8) is 0 Å². The Morgan fingerprint density at radius 2 is 1.73 bits per heavy atom. The van der Waals surface area contributed by atoms with E-state index >= 15 is 0 Å². The number of piperidine rings is 1. The van der Waals surface area contributed by atoms with Crippen molar-refractivity contribution in [2.24, 2.45) is 0 Å². The van der Waals surface area contributed by atoms with Gasteiger partial charge in [-0.2, -0.15) is 0 Å². The third kappa shape index (κ3) is 4.53. The van der Waals surface area contributed by atoms with Gasteiger partial charge in [-0.25, -0.2) is 9.97 Å². The topological polar surface area (TPSA) is 77.4 Å². The number of likely N-dealkylation sites (tertiary alicyclic amines) is 1. The summed E-state index contributed by atoms with van der Waals surface area (Å²) in [5, 5.41) is 0. The summed E-state index contributed by atoms with van der Waals surface area (Å²) in [6.45, 7) is 1.34. The Balaban J connectivity index is 1.45. The van der Waals surface area contributed by atoms with E-state index in [1.807, 2.05) is 23.2 Å². The zero-order valence-electron chi connectivity index (χ0n) is 19.0. The number of amides is 1. The first-order chi connectivity index (χ1) is 16.2. The van der Waals surface area contributed by atoms with Crippen molar-refractivity contribution in [2.45, 2.75) is 37.5 Å². The minimum Gasteiger partial charge on any atom is -0.497 e. The first-order valence-corrected chi connectivity index (χ1v) is 11.5. The van der Waals surface area contributed by atoms with Crippen molar-refractivity contribution in [1.82, 2.24) is 19.9 Å². The van der Waals surface area contributed by atoms with Gasteiger partial charge in [-0.1, -0.05) is 0 Å². The minimum atomic E-state index is -0.0150. The van der Waals surface area contributed by atoms with Gasteiger partial charge in [-0.3, -0.25) is 9.78 Å². The maximum Gasteiger partial charge on any atom is 0.254 e. The van der Waals surface area contributed by atoms with Gasteiger partial charge in [0, 0.05) is 60.7 Å². The van der Waals surface area contributed by atoms with Crippen LogP contribution < -0.4 is 9.47 Å². The number of rotatable bonds is 6. The molecule has 5 rings (SSSR count). The molecule has 1 aliphatic carbocycles. The lowest BCUT2D eigenvalue weighted by molar-refractivity contribution is 0.0705. The summed E-state index contributed by atoms with van der Waals surface area (Å²) in [6, 6.07) is 9.30. The number of nitrogens with zero attached hydrogens (tertiary/aromatic N) is 4. The fourth-order valence-electron chi connectivity index (χ4n) is 4.51. The fourth-order valence-corrected chi connectivity index (χ4v) is 4.51. The van der Waals surface area contributed by atoms with Crippen molar-refractivity contribution >= 4 is 5.91 Å². The van der Waals surface area contributed by atoms with Crippen LogP contribution in [0.5, 0.6) is 11.5 Å². The second kappa shape index (κ2) is 9.17. The van der Waals surface area contributed by atoms with Gasteiger partial charge in [-0.05, 0) is 55.5 Å². The van der Waals surface area contributed by atoms with Crippen LogP contribution in [0.15, 0.2) is 48.9 Å². The van der Waals surface area contributed by atoms with Gasteiger partial charge >= 0.3 is 0 Å².